The van der Waals surface area contributed by atoms with Crippen molar-refractivity contribution < 1.29 is 9.59 Å². The van der Waals surface area contributed by atoms with Crippen LogP contribution in [-0.4, -0.2) is 62.1 Å². The van der Waals surface area contributed by atoms with Gasteiger partial charge in [-0.25, -0.2) is 9.97 Å². The van der Waals surface area contributed by atoms with Crippen LogP contribution < -0.4 is 4.90 Å². The van der Waals surface area contributed by atoms with E-state index in [9.17, 15) is 9.59 Å². The largest absolute Gasteiger partial charge is 0.353 e. The Morgan fingerprint density at radius 3 is 1.95 bits per heavy atom. The van der Waals surface area contributed by atoms with Crippen LogP contribution in [0.2, 0.25) is 0 Å². The van der Waals surface area contributed by atoms with Gasteiger partial charge in [-0.15, -0.1) is 0 Å². The molecule has 5 aromatic rings. The van der Waals surface area contributed by atoms with Crippen molar-refractivity contribution in [3.8, 4) is 0 Å². The normalized spacial score (nSPS) is 16.1. The van der Waals surface area contributed by atoms with Crippen LogP contribution in [0.4, 0.5) is 5.82 Å². The maximum atomic E-state index is 13.1. The molecule has 0 unspecified atom stereocenters. The van der Waals surface area contributed by atoms with E-state index in [0.717, 1.165) is 48.7 Å². The number of piperazine rings is 1. The third kappa shape index (κ3) is 3.91. The molecule has 0 N–H and O–H groups in total. The highest BCUT2D eigenvalue weighted by molar-refractivity contribution is 7.13. The van der Waals surface area contributed by atoms with Gasteiger partial charge in [0.2, 0.25) is 0 Å². The molecule has 188 valence electrons. The van der Waals surface area contributed by atoms with Crippen LogP contribution in [0.1, 0.15) is 32.1 Å². The molecule has 0 spiro atoms. The number of aromatic nitrogens is 3. The Bertz CT molecular complexity index is 1670. The van der Waals surface area contributed by atoms with Gasteiger partial charge in [0.25, 0.3) is 11.8 Å². The van der Waals surface area contributed by atoms with Crippen molar-refractivity contribution in [2.24, 2.45) is 0 Å². The highest BCUT2D eigenvalue weighted by atomic mass is 32.1. The van der Waals surface area contributed by atoms with Crippen LogP contribution >= 0.6 is 11.5 Å². The SMILES string of the molecule is O=C1c2ccccc2C(=O)N1Cc1nc2ccccc2nc1CN1CCN(c2nsc3ccccc23)CC1. The molecular weight excluding hydrogens is 496 g/mol. The molecule has 38 heavy (non-hydrogen) atoms. The lowest BCUT2D eigenvalue weighted by Crippen LogP contribution is -2.46. The maximum absolute atomic E-state index is 13.1. The molecule has 0 atom stereocenters. The number of fused-ring (bicyclic) bond motifs is 3. The predicted octanol–water partition coefficient (Wildman–Crippen LogP) is 4.36. The first kappa shape index (κ1) is 22.9. The van der Waals surface area contributed by atoms with Gasteiger partial charge in [-0.05, 0) is 47.9 Å². The van der Waals surface area contributed by atoms with E-state index in [4.69, 9.17) is 14.3 Å². The van der Waals surface area contributed by atoms with Crippen molar-refractivity contribution in [2.45, 2.75) is 13.1 Å². The number of rotatable bonds is 5. The van der Waals surface area contributed by atoms with Gasteiger partial charge in [0, 0.05) is 38.1 Å². The summed E-state index contributed by atoms with van der Waals surface area (Å²) >= 11 is 1.54. The first-order valence-electron chi connectivity index (χ1n) is 12.7. The maximum Gasteiger partial charge on any atom is 0.261 e. The Balaban J connectivity index is 1.13. The summed E-state index contributed by atoms with van der Waals surface area (Å²) < 4.78 is 5.93. The van der Waals surface area contributed by atoms with Crippen molar-refractivity contribution in [2.75, 3.05) is 31.1 Å². The summed E-state index contributed by atoms with van der Waals surface area (Å²) in [4.78, 5) is 41.9. The van der Waals surface area contributed by atoms with E-state index >= 15 is 0 Å². The summed E-state index contributed by atoms with van der Waals surface area (Å²) in [7, 11) is 0. The third-order valence-corrected chi connectivity index (χ3v) is 8.13. The van der Waals surface area contributed by atoms with Gasteiger partial charge in [-0.2, -0.15) is 4.37 Å². The lowest BCUT2D eigenvalue weighted by molar-refractivity contribution is 0.0639. The Hall–Kier alpha value is -4.21. The highest BCUT2D eigenvalue weighted by Gasteiger charge is 2.36. The second-order valence-electron chi connectivity index (χ2n) is 9.61. The number of anilines is 1. The molecule has 9 heteroatoms. The second kappa shape index (κ2) is 9.27. The van der Waals surface area contributed by atoms with E-state index in [1.807, 2.05) is 30.3 Å². The van der Waals surface area contributed by atoms with Gasteiger partial charge in [0.1, 0.15) is 5.82 Å². The van der Waals surface area contributed by atoms with Crippen molar-refractivity contribution in [1.29, 1.82) is 0 Å². The molecule has 0 saturated carbocycles. The molecule has 7 rings (SSSR count). The van der Waals surface area contributed by atoms with Crippen LogP contribution in [-0.2, 0) is 13.1 Å². The number of carbonyl (C=O) groups is 2. The average Bonchev–Trinajstić information content (AvgIpc) is 3.49. The number of hydrogen-bond acceptors (Lipinski definition) is 8. The smallest absolute Gasteiger partial charge is 0.261 e. The van der Waals surface area contributed by atoms with Gasteiger partial charge in [0.05, 0.1) is 44.8 Å². The van der Waals surface area contributed by atoms with Crippen molar-refractivity contribution in [3.63, 3.8) is 0 Å². The molecule has 0 bridgehead atoms. The molecule has 2 aromatic heterocycles. The number of para-hydroxylation sites is 2. The fourth-order valence-electron chi connectivity index (χ4n) is 5.29. The highest BCUT2D eigenvalue weighted by Crippen LogP contribution is 2.30. The summed E-state index contributed by atoms with van der Waals surface area (Å²) in [6.07, 6.45) is 0. The van der Waals surface area contributed by atoms with Gasteiger partial charge in [0.15, 0.2) is 0 Å². The predicted molar refractivity (Wildman–Crippen MR) is 147 cm³/mol. The number of nitrogens with zero attached hydrogens (tertiary/aromatic N) is 6. The van der Waals surface area contributed by atoms with E-state index in [1.54, 1.807) is 35.8 Å². The molecule has 1 saturated heterocycles. The Labute approximate surface area is 223 Å². The number of imide groups is 1. The molecule has 8 nitrogen and oxygen atoms in total. The number of amides is 2. The molecule has 3 aromatic carbocycles. The van der Waals surface area contributed by atoms with E-state index in [1.165, 1.54) is 15.0 Å². The van der Waals surface area contributed by atoms with Crippen LogP contribution in [0, 0.1) is 0 Å². The van der Waals surface area contributed by atoms with Crippen LogP contribution in [0.5, 0.6) is 0 Å². The van der Waals surface area contributed by atoms with Crippen molar-refractivity contribution >= 4 is 50.3 Å². The standard InChI is InChI=1S/C29H24N6O2S/c36-28-19-7-1-2-8-20(19)29(37)35(28)18-25-24(30-22-10-4-5-11-23(22)31-25)17-33-13-15-34(16-14-33)27-21-9-3-6-12-26(21)38-32-27/h1-12H,13-18H2. The minimum absolute atomic E-state index is 0.101. The Morgan fingerprint density at radius 1 is 0.684 bits per heavy atom. The Kier molecular flexibility index (Phi) is 5.60. The quantitative estimate of drug-likeness (QED) is 0.319. The van der Waals surface area contributed by atoms with Crippen LogP contribution in [0.25, 0.3) is 21.1 Å². The fourth-order valence-corrected chi connectivity index (χ4v) is 6.08. The first-order valence-corrected chi connectivity index (χ1v) is 13.4. The number of hydrogen-bond donors (Lipinski definition) is 0. The molecule has 4 heterocycles. The van der Waals surface area contributed by atoms with E-state index in [2.05, 4.69) is 28.0 Å². The topological polar surface area (TPSA) is 82.5 Å². The molecule has 0 radical (unpaired) electrons. The summed E-state index contributed by atoms with van der Waals surface area (Å²) in [6.45, 7) is 4.14. The van der Waals surface area contributed by atoms with E-state index in [-0.39, 0.29) is 18.4 Å². The van der Waals surface area contributed by atoms with Crippen molar-refractivity contribution in [3.05, 3.63) is 95.3 Å². The van der Waals surface area contributed by atoms with Crippen LogP contribution in [0.15, 0.2) is 72.8 Å². The first-order chi connectivity index (χ1) is 18.7. The van der Waals surface area contributed by atoms with Gasteiger partial charge < -0.3 is 4.90 Å². The summed E-state index contributed by atoms with van der Waals surface area (Å²) in [5.41, 5.74) is 3.90. The molecule has 0 aliphatic carbocycles. The Morgan fingerprint density at radius 2 is 1.26 bits per heavy atom. The lowest BCUT2D eigenvalue weighted by Gasteiger charge is -2.35. The monoisotopic (exact) mass is 520 g/mol. The van der Waals surface area contributed by atoms with Crippen LogP contribution in [0.3, 0.4) is 0 Å². The third-order valence-electron chi connectivity index (χ3n) is 7.32. The minimum atomic E-state index is -0.282. The molecule has 2 aliphatic heterocycles. The molecule has 2 aliphatic rings. The summed E-state index contributed by atoms with van der Waals surface area (Å²) in [5.74, 6) is 0.494. The van der Waals surface area contributed by atoms with Gasteiger partial charge in [-0.1, -0.05) is 36.4 Å². The number of carbonyl (C=O) groups excluding carboxylic acids is 2. The van der Waals surface area contributed by atoms with Crippen molar-refractivity contribution in [1.82, 2.24) is 24.1 Å². The minimum Gasteiger partial charge on any atom is -0.353 e. The van der Waals surface area contributed by atoms with Gasteiger partial charge >= 0.3 is 0 Å². The molecule has 2 amide bonds. The zero-order valence-corrected chi connectivity index (χ0v) is 21.4. The van der Waals surface area contributed by atoms with Gasteiger partial charge in [-0.3, -0.25) is 19.4 Å². The zero-order chi connectivity index (χ0) is 25.6. The lowest BCUT2D eigenvalue weighted by atomic mass is 10.1. The zero-order valence-electron chi connectivity index (χ0n) is 20.6. The van der Waals surface area contributed by atoms with E-state index in [0.29, 0.717) is 23.4 Å². The van der Waals surface area contributed by atoms with E-state index < -0.39 is 0 Å². The molecule has 1 fully saturated rings. The molecular formula is C29H24N6O2S. The fraction of sp³-hybridized carbons (Fsp3) is 0.207. The second-order valence-corrected chi connectivity index (χ2v) is 10.4. The summed E-state index contributed by atoms with van der Waals surface area (Å²) in [6, 6.07) is 23.0. The average molecular weight is 521 g/mol. The number of benzene rings is 3. The summed E-state index contributed by atoms with van der Waals surface area (Å²) in [5, 5.41) is 1.20.